The van der Waals surface area contributed by atoms with E-state index in [4.69, 9.17) is 0 Å². The van der Waals surface area contributed by atoms with Crippen LogP contribution in [0.15, 0.2) is 48.5 Å². The van der Waals surface area contributed by atoms with Crippen molar-refractivity contribution in [2.45, 2.75) is 13.5 Å². The number of hydrogen-bond donors (Lipinski definition) is 1. The highest BCUT2D eigenvalue weighted by atomic mass is 16.6. The van der Waals surface area contributed by atoms with Gasteiger partial charge in [-0.2, -0.15) is 0 Å². The largest absolute Gasteiger partial charge is 0.328 e. The minimum atomic E-state index is -0.457. The molecule has 0 aromatic heterocycles. The summed E-state index contributed by atoms with van der Waals surface area (Å²) in [5.41, 5.74) is 3.09. The quantitative estimate of drug-likeness (QED) is 0.676. The molecule has 0 aliphatic carbocycles. The summed E-state index contributed by atoms with van der Waals surface area (Å²) in [6, 6.07) is 14.4. The number of rotatable bonds is 4. The number of hydrogen-bond acceptors (Lipinski definition) is 3. The van der Waals surface area contributed by atoms with Crippen molar-refractivity contribution in [2.75, 3.05) is 26.2 Å². The fraction of sp³-hybridized carbons (Fsp3) is 0.316. The predicted octanol–water partition coefficient (Wildman–Crippen LogP) is 1.44. The molecule has 1 saturated heterocycles. The fourth-order valence-electron chi connectivity index (χ4n) is 3.11. The molecule has 25 heavy (non-hydrogen) atoms. The number of amides is 1. The molecule has 1 aliphatic rings. The summed E-state index contributed by atoms with van der Waals surface area (Å²) < 4.78 is 0. The number of carbonyl (C=O) groups is 1. The van der Waals surface area contributed by atoms with E-state index in [1.807, 2.05) is 4.90 Å². The number of benzene rings is 2. The number of aryl methyl sites for hydroxylation is 1. The van der Waals surface area contributed by atoms with Gasteiger partial charge in [-0.15, -0.1) is 0 Å². The van der Waals surface area contributed by atoms with Crippen molar-refractivity contribution < 1.29 is 14.6 Å². The summed E-state index contributed by atoms with van der Waals surface area (Å²) in [7, 11) is 0. The van der Waals surface area contributed by atoms with Crippen LogP contribution in [0.3, 0.4) is 0 Å². The number of non-ortho nitro benzene ring substituents is 1. The molecule has 1 amide bonds. The number of piperazine rings is 1. The third kappa shape index (κ3) is 4.22. The third-order valence-electron chi connectivity index (χ3n) is 4.66. The topological polar surface area (TPSA) is 67.9 Å². The molecule has 6 heteroatoms. The Morgan fingerprint density at radius 3 is 2.24 bits per heavy atom. The van der Waals surface area contributed by atoms with Crippen LogP contribution in [-0.2, 0) is 6.54 Å². The number of nitrogens with one attached hydrogen (secondary N) is 1. The maximum absolute atomic E-state index is 12.5. The average Bonchev–Trinajstić information content (AvgIpc) is 2.64. The molecule has 1 aliphatic heterocycles. The van der Waals surface area contributed by atoms with Crippen molar-refractivity contribution in [1.29, 1.82) is 0 Å². The Bertz CT molecular complexity index is 748. The molecular weight excluding hydrogens is 318 g/mol. The van der Waals surface area contributed by atoms with E-state index in [-0.39, 0.29) is 11.6 Å². The van der Waals surface area contributed by atoms with E-state index >= 15 is 0 Å². The van der Waals surface area contributed by atoms with Crippen LogP contribution >= 0.6 is 0 Å². The first-order valence-electron chi connectivity index (χ1n) is 8.46. The lowest BCUT2D eigenvalue weighted by atomic mass is 10.1. The standard InChI is InChI=1S/C19H21N3O3/c1-15-2-4-16(5-3-15)14-20-10-12-21(13-11-20)19(23)17-6-8-18(9-7-17)22(24)25/h2-9H,10-14H2,1H3/p+1. The molecule has 2 aromatic rings. The van der Waals surface area contributed by atoms with Gasteiger partial charge >= 0.3 is 0 Å². The van der Waals surface area contributed by atoms with E-state index in [1.165, 1.54) is 40.3 Å². The minimum absolute atomic E-state index is 0.00362. The zero-order valence-electron chi connectivity index (χ0n) is 14.3. The molecule has 0 spiro atoms. The first kappa shape index (κ1) is 17.1. The zero-order chi connectivity index (χ0) is 17.8. The Kier molecular flexibility index (Phi) is 5.09. The van der Waals surface area contributed by atoms with Crippen LogP contribution in [0.1, 0.15) is 21.5 Å². The smallest absolute Gasteiger partial charge is 0.269 e. The van der Waals surface area contributed by atoms with Gasteiger partial charge in [0.25, 0.3) is 11.6 Å². The highest BCUT2D eigenvalue weighted by molar-refractivity contribution is 5.94. The number of quaternary nitrogens is 1. The lowest BCUT2D eigenvalue weighted by Gasteiger charge is -2.32. The number of nitrogens with zero attached hydrogens (tertiary/aromatic N) is 2. The average molecular weight is 340 g/mol. The second-order valence-electron chi connectivity index (χ2n) is 6.51. The molecule has 1 fully saturated rings. The summed E-state index contributed by atoms with van der Waals surface area (Å²) in [5, 5.41) is 10.7. The van der Waals surface area contributed by atoms with Gasteiger partial charge in [-0.3, -0.25) is 14.9 Å². The predicted molar refractivity (Wildman–Crippen MR) is 94.6 cm³/mol. The highest BCUT2D eigenvalue weighted by Crippen LogP contribution is 2.13. The van der Waals surface area contributed by atoms with Crippen LogP contribution in [0.5, 0.6) is 0 Å². The van der Waals surface area contributed by atoms with E-state index in [9.17, 15) is 14.9 Å². The summed E-state index contributed by atoms with van der Waals surface area (Å²) in [6.45, 7) is 6.28. The Morgan fingerprint density at radius 2 is 1.68 bits per heavy atom. The van der Waals surface area contributed by atoms with Gasteiger partial charge in [-0.1, -0.05) is 29.8 Å². The van der Waals surface area contributed by atoms with Gasteiger partial charge in [-0.25, -0.2) is 0 Å². The first-order valence-corrected chi connectivity index (χ1v) is 8.46. The normalized spacial score (nSPS) is 15.2. The van der Waals surface area contributed by atoms with E-state index in [1.54, 1.807) is 0 Å². The molecular formula is C19H22N3O3+. The molecule has 3 rings (SSSR count). The molecule has 0 atom stereocenters. The second-order valence-corrected chi connectivity index (χ2v) is 6.51. The summed E-state index contributed by atoms with van der Waals surface area (Å²) >= 11 is 0. The SMILES string of the molecule is Cc1ccc(C[NH+]2CCN(C(=O)c3ccc([N+](=O)[O-])cc3)CC2)cc1. The van der Waals surface area contributed by atoms with E-state index in [2.05, 4.69) is 31.2 Å². The lowest BCUT2D eigenvalue weighted by Crippen LogP contribution is -3.13. The first-order chi connectivity index (χ1) is 12.0. The van der Waals surface area contributed by atoms with Crippen LogP contribution in [0.2, 0.25) is 0 Å². The Hall–Kier alpha value is -2.73. The van der Waals surface area contributed by atoms with Gasteiger partial charge in [-0.05, 0) is 19.1 Å². The maximum atomic E-state index is 12.5. The van der Waals surface area contributed by atoms with Crippen molar-refractivity contribution >= 4 is 11.6 Å². The summed E-state index contributed by atoms with van der Waals surface area (Å²) in [5.74, 6) is -0.0516. The van der Waals surface area contributed by atoms with Crippen LogP contribution in [0, 0.1) is 17.0 Å². The Labute approximate surface area is 146 Å². The zero-order valence-corrected chi connectivity index (χ0v) is 14.3. The number of carbonyl (C=O) groups excluding carboxylic acids is 1. The van der Waals surface area contributed by atoms with Crippen LogP contribution in [-0.4, -0.2) is 41.9 Å². The molecule has 130 valence electrons. The van der Waals surface area contributed by atoms with Crippen LogP contribution < -0.4 is 4.90 Å². The van der Waals surface area contributed by atoms with Crippen molar-refractivity contribution in [2.24, 2.45) is 0 Å². The molecule has 0 unspecified atom stereocenters. The van der Waals surface area contributed by atoms with Gasteiger partial charge < -0.3 is 9.80 Å². The summed E-state index contributed by atoms with van der Waals surface area (Å²) in [4.78, 5) is 26.1. The van der Waals surface area contributed by atoms with Crippen molar-refractivity contribution in [3.05, 3.63) is 75.3 Å². The van der Waals surface area contributed by atoms with E-state index in [0.29, 0.717) is 18.7 Å². The van der Waals surface area contributed by atoms with Gasteiger partial charge in [0.05, 0.1) is 31.1 Å². The van der Waals surface area contributed by atoms with Gasteiger partial charge in [0.1, 0.15) is 6.54 Å². The van der Waals surface area contributed by atoms with Gasteiger partial charge in [0.2, 0.25) is 0 Å². The van der Waals surface area contributed by atoms with Crippen LogP contribution in [0.25, 0.3) is 0 Å². The molecule has 6 nitrogen and oxygen atoms in total. The van der Waals surface area contributed by atoms with Gasteiger partial charge in [0, 0.05) is 23.3 Å². The fourth-order valence-corrected chi connectivity index (χ4v) is 3.11. The van der Waals surface area contributed by atoms with Crippen molar-refractivity contribution in [1.82, 2.24) is 4.90 Å². The molecule has 0 saturated carbocycles. The maximum Gasteiger partial charge on any atom is 0.269 e. The Balaban J connectivity index is 1.55. The number of nitro groups is 1. The molecule has 0 bridgehead atoms. The molecule has 0 radical (unpaired) electrons. The van der Waals surface area contributed by atoms with Gasteiger partial charge in [0.15, 0.2) is 0 Å². The summed E-state index contributed by atoms with van der Waals surface area (Å²) in [6.07, 6.45) is 0. The Morgan fingerprint density at radius 1 is 1.08 bits per heavy atom. The lowest BCUT2D eigenvalue weighted by molar-refractivity contribution is -0.917. The number of nitro benzene ring substituents is 1. The van der Waals surface area contributed by atoms with Crippen LogP contribution in [0.4, 0.5) is 5.69 Å². The van der Waals surface area contributed by atoms with Crippen molar-refractivity contribution in [3.63, 3.8) is 0 Å². The molecule has 1 N–H and O–H groups in total. The van der Waals surface area contributed by atoms with E-state index < -0.39 is 4.92 Å². The molecule has 1 heterocycles. The highest BCUT2D eigenvalue weighted by Gasteiger charge is 2.24. The monoisotopic (exact) mass is 340 g/mol. The second kappa shape index (κ2) is 7.44. The minimum Gasteiger partial charge on any atom is -0.328 e. The molecule has 2 aromatic carbocycles. The van der Waals surface area contributed by atoms with E-state index in [0.717, 1.165) is 19.6 Å². The third-order valence-corrected chi connectivity index (χ3v) is 4.66. The van der Waals surface area contributed by atoms with Crippen molar-refractivity contribution in [3.8, 4) is 0 Å².